The van der Waals surface area contributed by atoms with E-state index in [0.717, 1.165) is 22.5 Å². The van der Waals surface area contributed by atoms with Crippen molar-refractivity contribution in [1.82, 2.24) is 4.98 Å². The number of benzene rings is 1. The standard InChI is InChI=1S/C18H19N3O2/c1-12(14-4-3-9-19-11-14)18(23)20-15-6-7-16-13(10-15)5-8-17(22)21(16)2/h3-4,6-7,9-12H,5,8H2,1-2H3,(H,20,23). The maximum atomic E-state index is 12.4. The molecule has 1 N–H and O–H groups in total. The highest BCUT2D eigenvalue weighted by atomic mass is 16.2. The molecule has 1 aliphatic heterocycles. The Labute approximate surface area is 135 Å². The molecule has 0 saturated heterocycles. The number of aromatic nitrogens is 1. The molecule has 0 spiro atoms. The quantitative estimate of drug-likeness (QED) is 0.948. The Kier molecular flexibility index (Phi) is 4.10. The summed E-state index contributed by atoms with van der Waals surface area (Å²) in [5.41, 5.74) is 3.64. The van der Waals surface area contributed by atoms with Gasteiger partial charge in [-0.3, -0.25) is 14.6 Å². The van der Waals surface area contributed by atoms with Crippen LogP contribution in [0.1, 0.15) is 30.4 Å². The third-order valence-electron chi connectivity index (χ3n) is 4.27. The average molecular weight is 309 g/mol. The van der Waals surface area contributed by atoms with Crippen LogP contribution in [0.3, 0.4) is 0 Å². The van der Waals surface area contributed by atoms with Crippen LogP contribution >= 0.6 is 0 Å². The topological polar surface area (TPSA) is 62.3 Å². The monoisotopic (exact) mass is 309 g/mol. The van der Waals surface area contributed by atoms with Crippen molar-refractivity contribution < 1.29 is 9.59 Å². The van der Waals surface area contributed by atoms with Gasteiger partial charge in [-0.1, -0.05) is 6.07 Å². The van der Waals surface area contributed by atoms with Gasteiger partial charge in [0, 0.05) is 37.2 Å². The van der Waals surface area contributed by atoms with Gasteiger partial charge in [0.15, 0.2) is 0 Å². The number of carbonyl (C=O) groups is 2. The summed E-state index contributed by atoms with van der Waals surface area (Å²) < 4.78 is 0. The lowest BCUT2D eigenvalue weighted by atomic mass is 10.00. The van der Waals surface area contributed by atoms with Gasteiger partial charge >= 0.3 is 0 Å². The second kappa shape index (κ2) is 6.20. The molecule has 2 aromatic rings. The van der Waals surface area contributed by atoms with Gasteiger partial charge in [0.25, 0.3) is 0 Å². The molecule has 0 radical (unpaired) electrons. The van der Waals surface area contributed by atoms with E-state index in [9.17, 15) is 9.59 Å². The second-order valence-electron chi connectivity index (χ2n) is 5.79. The van der Waals surface area contributed by atoms with Gasteiger partial charge < -0.3 is 10.2 Å². The van der Waals surface area contributed by atoms with E-state index in [1.807, 2.05) is 37.3 Å². The Bertz CT molecular complexity index is 743. The van der Waals surface area contributed by atoms with E-state index in [4.69, 9.17) is 0 Å². The second-order valence-corrected chi connectivity index (χ2v) is 5.79. The molecular weight excluding hydrogens is 290 g/mol. The molecule has 1 aliphatic rings. The number of aryl methyl sites for hydroxylation is 1. The number of hydrogen-bond donors (Lipinski definition) is 1. The van der Waals surface area contributed by atoms with Gasteiger partial charge in [-0.05, 0) is 48.7 Å². The summed E-state index contributed by atoms with van der Waals surface area (Å²) in [7, 11) is 1.78. The number of fused-ring (bicyclic) bond motifs is 1. The van der Waals surface area contributed by atoms with E-state index >= 15 is 0 Å². The normalized spacial score (nSPS) is 15.0. The highest BCUT2D eigenvalue weighted by Gasteiger charge is 2.21. The lowest BCUT2D eigenvalue weighted by molar-refractivity contribution is -0.119. The fourth-order valence-electron chi connectivity index (χ4n) is 2.77. The first-order valence-electron chi connectivity index (χ1n) is 7.66. The molecule has 118 valence electrons. The maximum absolute atomic E-state index is 12.4. The van der Waals surface area contributed by atoms with E-state index in [1.54, 1.807) is 24.3 Å². The van der Waals surface area contributed by atoms with Crippen LogP contribution in [0.2, 0.25) is 0 Å². The van der Waals surface area contributed by atoms with Gasteiger partial charge in [0.2, 0.25) is 11.8 Å². The molecule has 1 atom stereocenters. The van der Waals surface area contributed by atoms with Gasteiger partial charge in [0.1, 0.15) is 0 Å². The van der Waals surface area contributed by atoms with Crippen LogP contribution < -0.4 is 10.2 Å². The van der Waals surface area contributed by atoms with Gasteiger partial charge in [-0.2, -0.15) is 0 Å². The summed E-state index contributed by atoms with van der Waals surface area (Å²) in [6, 6.07) is 9.39. The third kappa shape index (κ3) is 3.08. The number of rotatable bonds is 3. The first kappa shape index (κ1) is 15.2. The van der Waals surface area contributed by atoms with Crippen LogP contribution in [0, 0.1) is 0 Å². The zero-order valence-electron chi connectivity index (χ0n) is 13.2. The molecule has 0 saturated carbocycles. The van der Waals surface area contributed by atoms with E-state index in [2.05, 4.69) is 10.3 Å². The number of anilines is 2. The third-order valence-corrected chi connectivity index (χ3v) is 4.27. The van der Waals surface area contributed by atoms with E-state index in [1.165, 1.54) is 0 Å². The van der Waals surface area contributed by atoms with Crippen molar-refractivity contribution in [3.8, 4) is 0 Å². The predicted molar refractivity (Wildman–Crippen MR) is 89.5 cm³/mol. The molecule has 5 nitrogen and oxygen atoms in total. The minimum Gasteiger partial charge on any atom is -0.326 e. The van der Waals surface area contributed by atoms with Crippen molar-refractivity contribution in [3.05, 3.63) is 53.9 Å². The number of amides is 2. The van der Waals surface area contributed by atoms with Gasteiger partial charge in [-0.25, -0.2) is 0 Å². The molecule has 1 unspecified atom stereocenters. The molecular formula is C18H19N3O2. The highest BCUT2D eigenvalue weighted by molar-refractivity contribution is 5.98. The van der Waals surface area contributed by atoms with Crippen molar-refractivity contribution in [2.45, 2.75) is 25.7 Å². The van der Waals surface area contributed by atoms with Crippen LogP contribution in [0.5, 0.6) is 0 Å². The van der Waals surface area contributed by atoms with Crippen LogP contribution in [-0.2, 0) is 16.0 Å². The van der Waals surface area contributed by atoms with Crippen LogP contribution in [0.15, 0.2) is 42.7 Å². The number of pyridine rings is 1. The summed E-state index contributed by atoms with van der Waals surface area (Å²) >= 11 is 0. The number of hydrogen-bond acceptors (Lipinski definition) is 3. The van der Waals surface area contributed by atoms with E-state index in [-0.39, 0.29) is 17.7 Å². The minimum absolute atomic E-state index is 0.0711. The summed E-state index contributed by atoms with van der Waals surface area (Å²) in [6.45, 7) is 1.86. The van der Waals surface area contributed by atoms with E-state index in [0.29, 0.717) is 12.8 Å². The van der Waals surface area contributed by atoms with Gasteiger partial charge in [-0.15, -0.1) is 0 Å². The lowest BCUT2D eigenvalue weighted by Gasteiger charge is -2.26. The van der Waals surface area contributed by atoms with Crippen LogP contribution in [0.4, 0.5) is 11.4 Å². The predicted octanol–water partition coefficient (Wildman–Crippen LogP) is 2.73. The van der Waals surface area contributed by atoms with Gasteiger partial charge in [0.05, 0.1) is 5.92 Å². The maximum Gasteiger partial charge on any atom is 0.231 e. The summed E-state index contributed by atoms with van der Waals surface area (Å²) in [5, 5.41) is 2.95. The Morgan fingerprint density at radius 2 is 2.13 bits per heavy atom. The van der Waals surface area contributed by atoms with E-state index < -0.39 is 0 Å². The first-order chi connectivity index (χ1) is 11.1. The lowest BCUT2D eigenvalue weighted by Crippen LogP contribution is -2.31. The number of nitrogens with one attached hydrogen (secondary N) is 1. The molecule has 23 heavy (non-hydrogen) atoms. The van der Waals surface area contributed by atoms with Crippen molar-refractivity contribution >= 4 is 23.2 Å². The molecule has 1 aromatic heterocycles. The van der Waals surface area contributed by atoms with Crippen LogP contribution in [0.25, 0.3) is 0 Å². The first-order valence-corrected chi connectivity index (χ1v) is 7.66. The largest absolute Gasteiger partial charge is 0.326 e. The molecule has 5 heteroatoms. The smallest absolute Gasteiger partial charge is 0.231 e. The molecule has 3 rings (SSSR count). The summed E-state index contributed by atoms with van der Waals surface area (Å²) in [5.74, 6) is -0.221. The molecule has 1 aromatic carbocycles. The minimum atomic E-state index is -0.274. The Balaban J connectivity index is 1.76. The van der Waals surface area contributed by atoms with Crippen molar-refractivity contribution in [2.75, 3.05) is 17.3 Å². The zero-order valence-corrected chi connectivity index (χ0v) is 13.2. The summed E-state index contributed by atoms with van der Waals surface area (Å²) in [6.07, 6.45) is 4.61. The fourth-order valence-corrected chi connectivity index (χ4v) is 2.77. The Hall–Kier alpha value is -2.69. The molecule has 2 heterocycles. The average Bonchev–Trinajstić information content (AvgIpc) is 2.58. The summed E-state index contributed by atoms with van der Waals surface area (Å²) in [4.78, 5) is 29.8. The SMILES string of the molecule is CC(C(=O)Nc1ccc2c(c1)CCC(=O)N2C)c1cccnc1. The molecule has 2 amide bonds. The molecule has 0 bridgehead atoms. The zero-order chi connectivity index (χ0) is 16.4. The number of carbonyl (C=O) groups excluding carboxylic acids is 2. The molecule has 0 aliphatic carbocycles. The highest BCUT2D eigenvalue weighted by Crippen LogP contribution is 2.29. The van der Waals surface area contributed by atoms with Crippen molar-refractivity contribution in [3.63, 3.8) is 0 Å². The number of nitrogens with zero attached hydrogens (tertiary/aromatic N) is 2. The van der Waals surface area contributed by atoms with Crippen LogP contribution in [-0.4, -0.2) is 23.8 Å². The van der Waals surface area contributed by atoms with Crippen molar-refractivity contribution in [1.29, 1.82) is 0 Å². The van der Waals surface area contributed by atoms with Crippen molar-refractivity contribution in [2.24, 2.45) is 0 Å². The Morgan fingerprint density at radius 1 is 1.30 bits per heavy atom. The fraction of sp³-hybridized carbons (Fsp3) is 0.278. The molecule has 0 fully saturated rings. The Morgan fingerprint density at radius 3 is 2.87 bits per heavy atom.